The summed E-state index contributed by atoms with van der Waals surface area (Å²) >= 11 is 0. The number of rotatable bonds is 14. The number of nitrogens with two attached hydrogens (primary N) is 1. The Kier molecular flexibility index (Phi) is 11.0. The zero-order chi connectivity index (χ0) is 32.1. The minimum atomic E-state index is -1.11. The number of hydrogen-bond acceptors (Lipinski definition) is 6. The fourth-order valence-corrected chi connectivity index (χ4v) is 6.89. The van der Waals surface area contributed by atoms with E-state index in [2.05, 4.69) is 28.1 Å². The van der Waals surface area contributed by atoms with Crippen molar-refractivity contribution in [2.45, 2.75) is 103 Å². The number of nitrogens with zero attached hydrogens (tertiary/aromatic N) is 1. The van der Waals surface area contributed by atoms with Crippen LogP contribution < -0.4 is 21.7 Å². The van der Waals surface area contributed by atoms with Crippen LogP contribution in [0.3, 0.4) is 0 Å². The van der Waals surface area contributed by atoms with Crippen molar-refractivity contribution in [3.63, 3.8) is 0 Å². The van der Waals surface area contributed by atoms with E-state index in [4.69, 9.17) is 5.73 Å². The van der Waals surface area contributed by atoms with E-state index in [-0.39, 0.29) is 53.6 Å². The molecule has 7 atom stereocenters. The third-order valence-electron chi connectivity index (χ3n) is 9.84. The molecule has 0 aromatic rings. The van der Waals surface area contributed by atoms with E-state index in [1.165, 1.54) is 4.90 Å². The molecule has 0 aromatic carbocycles. The second-order valence-corrected chi connectivity index (χ2v) is 13.6. The van der Waals surface area contributed by atoms with E-state index < -0.39 is 47.8 Å². The number of hydrogen-bond donors (Lipinski definition) is 4. The maximum Gasteiger partial charge on any atom is 0.316 e. The van der Waals surface area contributed by atoms with E-state index in [0.29, 0.717) is 32.2 Å². The van der Waals surface area contributed by atoms with Gasteiger partial charge < -0.3 is 26.6 Å². The zero-order valence-corrected chi connectivity index (χ0v) is 26.4. The van der Waals surface area contributed by atoms with Crippen LogP contribution in [0.25, 0.3) is 0 Å². The molecule has 5 N–H and O–H groups in total. The molecule has 44 heavy (non-hydrogen) atoms. The third kappa shape index (κ3) is 7.95. The molecule has 7 unspecified atom stereocenters. The van der Waals surface area contributed by atoms with Crippen molar-refractivity contribution in [3.8, 4) is 0 Å². The molecular weight excluding hydrogens is 562 g/mol. The molecule has 4 aliphatic rings. The Balaban J connectivity index is 1.52. The smallest absolute Gasteiger partial charge is 0.316 e. The highest BCUT2D eigenvalue weighted by Gasteiger charge is 2.45. The number of ketones is 2. The summed E-state index contributed by atoms with van der Waals surface area (Å²) in [5.41, 5.74) is 5.27. The summed E-state index contributed by atoms with van der Waals surface area (Å²) in [6, 6.07) is -4.04. The Morgan fingerprint density at radius 2 is 1.55 bits per heavy atom. The predicted octanol–water partition coefficient (Wildman–Crippen LogP) is 2.39. The Morgan fingerprint density at radius 3 is 2.09 bits per heavy atom. The summed E-state index contributed by atoms with van der Waals surface area (Å²) in [4.78, 5) is 79.9. The molecule has 3 aliphatic carbocycles. The Hall–Kier alpha value is -3.50. The number of amides is 5. The fourth-order valence-electron chi connectivity index (χ4n) is 6.89. The molecule has 2 saturated carbocycles. The molecule has 0 aromatic heterocycles. The van der Waals surface area contributed by atoms with Gasteiger partial charge in [0.05, 0.1) is 12.1 Å². The Morgan fingerprint density at radius 1 is 0.909 bits per heavy atom. The highest BCUT2D eigenvalue weighted by Crippen LogP contribution is 2.42. The van der Waals surface area contributed by atoms with Crippen molar-refractivity contribution in [2.75, 3.05) is 6.54 Å². The van der Waals surface area contributed by atoms with E-state index in [9.17, 15) is 28.8 Å². The largest absolute Gasteiger partial charge is 0.363 e. The average molecular weight is 612 g/mol. The average Bonchev–Trinajstić information content (AvgIpc) is 3.56. The summed E-state index contributed by atoms with van der Waals surface area (Å²) in [7, 11) is 0. The van der Waals surface area contributed by atoms with Crippen molar-refractivity contribution in [3.05, 3.63) is 24.3 Å². The van der Waals surface area contributed by atoms with Crippen LogP contribution in [0.15, 0.2) is 24.3 Å². The molecular formula is C33H49N5O6. The standard InChI is InChI=1S/C33H49N5O6/c1-5-19(4)15-24(29(40)30(34)41)35-31(42)25-11-8-14-38(25)32(43)27(23-16-21-9-6-7-10-22(21)17-23)37-33(44)36-26(18(2)3)28(39)20-12-13-20/h6-7,9-10,18-27H,5,8,11-17H2,1-4H3,(H2,34,41)(H,35,42)(H2,36,37,44). The molecule has 0 radical (unpaired) electrons. The molecule has 11 heteroatoms. The molecule has 242 valence electrons. The zero-order valence-electron chi connectivity index (χ0n) is 26.4. The van der Waals surface area contributed by atoms with Gasteiger partial charge >= 0.3 is 6.03 Å². The minimum absolute atomic E-state index is 0.0221. The van der Waals surface area contributed by atoms with Crippen molar-refractivity contribution < 1.29 is 28.8 Å². The Bertz CT molecular complexity index is 1170. The van der Waals surface area contributed by atoms with Gasteiger partial charge in [0.2, 0.25) is 17.6 Å². The highest BCUT2D eigenvalue weighted by atomic mass is 16.2. The van der Waals surface area contributed by atoms with Crippen LogP contribution in [0, 0.1) is 35.5 Å². The molecule has 3 fully saturated rings. The van der Waals surface area contributed by atoms with Crippen LogP contribution in [0.5, 0.6) is 0 Å². The summed E-state index contributed by atoms with van der Waals surface area (Å²) in [6.45, 7) is 7.98. The van der Waals surface area contributed by atoms with Crippen LogP contribution in [0.2, 0.25) is 0 Å². The van der Waals surface area contributed by atoms with Crippen molar-refractivity contribution in [1.82, 2.24) is 20.9 Å². The first-order chi connectivity index (χ1) is 20.9. The fraction of sp³-hybridized carbons (Fsp3) is 0.697. The topological polar surface area (TPSA) is 168 Å². The molecule has 1 saturated heterocycles. The normalized spacial score (nSPS) is 26.8. The lowest BCUT2D eigenvalue weighted by Crippen LogP contribution is -2.59. The van der Waals surface area contributed by atoms with E-state index in [1.807, 2.05) is 39.8 Å². The van der Waals surface area contributed by atoms with Crippen LogP contribution >= 0.6 is 0 Å². The second-order valence-electron chi connectivity index (χ2n) is 13.6. The molecule has 5 amide bonds. The minimum Gasteiger partial charge on any atom is -0.363 e. The number of nitrogens with one attached hydrogen (secondary N) is 3. The molecule has 11 nitrogen and oxygen atoms in total. The molecule has 1 aliphatic heterocycles. The van der Waals surface area contributed by atoms with Gasteiger partial charge in [-0.2, -0.15) is 0 Å². The first-order valence-corrected chi connectivity index (χ1v) is 16.3. The van der Waals surface area contributed by atoms with Crippen molar-refractivity contribution >= 4 is 35.3 Å². The van der Waals surface area contributed by atoms with E-state index >= 15 is 0 Å². The number of Topliss-reactive ketones (excluding diaryl/α,β-unsaturated/α-hetero) is 2. The lowest BCUT2D eigenvalue weighted by molar-refractivity contribution is -0.142. The quantitative estimate of drug-likeness (QED) is 0.220. The predicted molar refractivity (Wildman–Crippen MR) is 165 cm³/mol. The van der Waals surface area contributed by atoms with Gasteiger partial charge in [0.25, 0.3) is 5.91 Å². The number of carbonyl (C=O) groups is 6. The lowest BCUT2D eigenvalue weighted by Gasteiger charge is -2.33. The Labute approximate surface area is 260 Å². The van der Waals surface area contributed by atoms with Gasteiger partial charge in [0.1, 0.15) is 12.1 Å². The number of primary amides is 1. The molecule has 0 bridgehead atoms. The summed E-state index contributed by atoms with van der Waals surface area (Å²) in [6.07, 6.45) is 13.3. The van der Waals surface area contributed by atoms with Gasteiger partial charge in [0, 0.05) is 12.5 Å². The third-order valence-corrected chi connectivity index (χ3v) is 9.84. The van der Waals surface area contributed by atoms with Crippen LogP contribution in [0.4, 0.5) is 4.79 Å². The molecule has 4 rings (SSSR count). The van der Waals surface area contributed by atoms with Crippen LogP contribution in [-0.4, -0.2) is 70.9 Å². The number of likely N-dealkylation sites (tertiary alicyclic amines) is 1. The van der Waals surface area contributed by atoms with Crippen molar-refractivity contribution in [1.29, 1.82) is 0 Å². The van der Waals surface area contributed by atoms with Crippen LogP contribution in [0.1, 0.15) is 79.1 Å². The summed E-state index contributed by atoms with van der Waals surface area (Å²) in [5.74, 6) is -2.55. The van der Waals surface area contributed by atoms with Gasteiger partial charge in [-0.25, -0.2) is 4.79 Å². The van der Waals surface area contributed by atoms with Gasteiger partial charge in [-0.3, -0.25) is 24.0 Å². The molecule has 0 spiro atoms. The van der Waals surface area contributed by atoms with Gasteiger partial charge in [-0.1, -0.05) is 58.4 Å². The van der Waals surface area contributed by atoms with Crippen molar-refractivity contribution in [2.24, 2.45) is 41.2 Å². The number of urea groups is 1. The first-order valence-electron chi connectivity index (χ1n) is 16.3. The van der Waals surface area contributed by atoms with E-state index in [1.54, 1.807) is 0 Å². The molecule has 1 heterocycles. The highest BCUT2D eigenvalue weighted by molar-refractivity contribution is 6.37. The summed E-state index contributed by atoms with van der Waals surface area (Å²) < 4.78 is 0. The van der Waals surface area contributed by atoms with Gasteiger partial charge in [-0.05, 0) is 74.5 Å². The first kappa shape index (κ1) is 33.4. The number of allylic oxidation sites excluding steroid dienone is 4. The second kappa shape index (κ2) is 14.5. The summed E-state index contributed by atoms with van der Waals surface area (Å²) in [5, 5.41) is 8.48. The van der Waals surface area contributed by atoms with Gasteiger partial charge in [0.15, 0.2) is 5.78 Å². The number of fused-ring (bicyclic) bond motifs is 1. The maximum atomic E-state index is 14.3. The number of carbonyl (C=O) groups excluding carboxylic acids is 6. The van der Waals surface area contributed by atoms with Crippen LogP contribution in [-0.2, 0) is 24.0 Å². The van der Waals surface area contributed by atoms with Gasteiger partial charge in [-0.15, -0.1) is 0 Å². The SMILES string of the molecule is CCC(C)CC(NC(=O)C1CCCN1C(=O)C(NC(=O)NC(C(=O)C1CC1)C(C)C)C1CC2C=CC=CC2C1)C(=O)C(N)=O. The lowest BCUT2D eigenvalue weighted by atomic mass is 9.92. The van der Waals surface area contributed by atoms with E-state index in [0.717, 1.165) is 19.3 Å². The monoisotopic (exact) mass is 611 g/mol. The maximum absolute atomic E-state index is 14.3.